The first-order valence-electron chi connectivity index (χ1n) is 18.2. The van der Waals surface area contributed by atoms with Crippen LogP contribution in [-0.4, -0.2) is 0 Å². The third-order valence-electron chi connectivity index (χ3n) is 11.2. The summed E-state index contributed by atoms with van der Waals surface area (Å²) in [5.41, 5.74) is 14.3. The summed E-state index contributed by atoms with van der Waals surface area (Å²) < 4.78 is 9.12. The van der Waals surface area contributed by atoms with Crippen molar-refractivity contribution in [3.8, 4) is 22.3 Å². The highest BCUT2D eigenvalue weighted by Gasteiger charge is 2.37. The minimum Gasteiger partial charge on any atom is -0.456 e. The predicted molar refractivity (Wildman–Crippen MR) is 223 cm³/mol. The fourth-order valence-corrected chi connectivity index (χ4v) is 9.50. The summed E-state index contributed by atoms with van der Waals surface area (Å²) in [7, 11) is 0. The molecular formula is C49H39NOS. The molecule has 9 aromatic rings. The first kappa shape index (κ1) is 31.1. The quantitative estimate of drug-likeness (QED) is 0.183. The zero-order valence-electron chi connectivity index (χ0n) is 30.1. The minimum absolute atomic E-state index is 0.125. The van der Waals surface area contributed by atoms with Crippen molar-refractivity contribution >= 4 is 70.5 Å². The fraction of sp³-hybridized carbons (Fsp3) is 0.143. The summed E-state index contributed by atoms with van der Waals surface area (Å²) >= 11 is 1.92. The first-order chi connectivity index (χ1) is 25.1. The maximum Gasteiger partial charge on any atom is 0.137 e. The molecule has 1 aliphatic carbocycles. The Bertz CT molecular complexity index is 2850. The molecule has 0 atom stereocenters. The monoisotopic (exact) mass is 689 g/mol. The molecular weight excluding hydrogens is 651 g/mol. The normalized spacial score (nSPS) is 13.6. The molecule has 0 radical (unpaired) electrons. The molecule has 2 heterocycles. The third-order valence-corrected chi connectivity index (χ3v) is 12.3. The van der Waals surface area contributed by atoms with Crippen LogP contribution in [0, 0.1) is 0 Å². The van der Waals surface area contributed by atoms with Gasteiger partial charge in [0.1, 0.15) is 11.2 Å². The molecule has 0 amide bonds. The van der Waals surface area contributed by atoms with E-state index in [4.69, 9.17) is 4.42 Å². The number of hydrogen-bond acceptors (Lipinski definition) is 3. The Morgan fingerprint density at radius 3 is 1.94 bits per heavy atom. The van der Waals surface area contributed by atoms with E-state index in [9.17, 15) is 0 Å². The molecule has 2 aromatic heterocycles. The standard InChI is InChI=1S/C49H39NOS/c1-48(2,3)32-17-22-39-41-28-43-40(29-47(41)52-46(39)25-32)36-23-20-34(26-42(36)49(43,4)5)50(33-18-15-31(16-19-33)30-11-7-6-8-12-30)35-21-24-38-37-13-9-10-14-44(37)51-45(38)27-35/h6-29H,1-5H3. The lowest BCUT2D eigenvalue weighted by Gasteiger charge is -2.28. The van der Waals surface area contributed by atoms with Crippen LogP contribution in [0.15, 0.2) is 150 Å². The lowest BCUT2D eigenvalue weighted by Crippen LogP contribution is -2.16. The molecule has 252 valence electrons. The Balaban J connectivity index is 1.12. The van der Waals surface area contributed by atoms with Crippen LogP contribution in [0.4, 0.5) is 17.1 Å². The van der Waals surface area contributed by atoms with Gasteiger partial charge in [-0.15, -0.1) is 11.3 Å². The summed E-state index contributed by atoms with van der Waals surface area (Å²) in [6.07, 6.45) is 0. The van der Waals surface area contributed by atoms with Gasteiger partial charge in [-0.1, -0.05) is 113 Å². The summed E-state index contributed by atoms with van der Waals surface area (Å²) in [4.78, 5) is 2.37. The molecule has 0 N–H and O–H groups in total. The zero-order valence-corrected chi connectivity index (χ0v) is 30.9. The second-order valence-electron chi connectivity index (χ2n) is 15.8. The number of benzene rings is 7. The van der Waals surface area contributed by atoms with Crippen LogP contribution < -0.4 is 4.90 Å². The van der Waals surface area contributed by atoms with Crippen molar-refractivity contribution in [3.63, 3.8) is 0 Å². The number of fused-ring (bicyclic) bond motifs is 9. The lowest BCUT2D eigenvalue weighted by molar-refractivity contribution is 0.591. The molecule has 0 saturated carbocycles. The minimum atomic E-state index is -0.167. The van der Waals surface area contributed by atoms with E-state index in [0.29, 0.717) is 0 Å². The highest BCUT2D eigenvalue weighted by molar-refractivity contribution is 7.25. The van der Waals surface area contributed by atoms with Crippen molar-refractivity contribution in [2.45, 2.75) is 45.4 Å². The largest absolute Gasteiger partial charge is 0.456 e. The van der Waals surface area contributed by atoms with Crippen molar-refractivity contribution in [2.75, 3.05) is 4.90 Å². The maximum absolute atomic E-state index is 6.40. The van der Waals surface area contributed by atoms with Crippen LogP contribution >= 0.6 is 11.3 Å². The van der Waals surface area contributed by atoms with Gasteiger partial charge in [-0.25, -0.2) is 0 Å². The number of nitrogens with zero attached hydrogens (tertiary/aromatic N) is 1. The van der Waals surface area contributed by atoms with Gasteiger partial charge >= 0.3 is 0 Å². The van der Waals surface area contributed by atoms with Crippen molar-refractivity contribution in [3.05, 3.63) is 162 Å². The van der Waals surface area contributed by atoms with Gasteiger partial charge in [-0.05, 0) is 105 Å². The van der Waals surface area contributed by atoms with Crippen molar-refractivity contribution in [1.82, 2.24) is 0 Å². The van der Waals surface area contributed by atoms with E-state index in [1.54, 1.807) is 0 Å². The Kier molecular flexibility index (Phi) is 6.69. The maximum atomic E-state index is 6.40. The fourth-order valence-electron chi connectivity index (χ4n) is 8.33. The number of anilines is 3. The molecule has 52 heavy (non-hydrogen) atoms. The van der Waals surface area contributed by atoms with Crippen LogP contribution in [0.1, 0.15) is 51.3 Å². The zero-order chi connectivity index (χ0) is 35.4. The van der Waals surface area contributed by atoms with Crippen LogP contribution in [0.25, 0.3) is 64.4 Å². The highest BCUT2D eigenvalue weighted by atomic mass is 32.1. The Labute approximate surface area is 308 Å². The smallest absolute Gasteiger partial charge is 0.137 e. The van der Waals surface area contributed by atoms with E-state index in [-0.39, 0.29) is 10.8 Å². The molecule has 0 spiro atoms. The number of furan rings is 1. The van der Waals surface area contributed by atoms with Crippen molar-refractivity contribution in [1.29, 1.82) is 0 Å². The Hall–Kier alpha value is -5.64. The highest BCUT2D eigenvalue weighted by Crippen LogP contribution is 2.53. The molecule has 0 bridgehead atoms. The van der Waals surface area contributed by atoms with Gasteiger partial charge in [-0.2, -0.15) is 0 Å². The van der Waals surface area contributed by atoms with Crippen molar-refractivity contribution < 1.29 is 4.42 Å². The van der Waals surface area contributed by atoms with E-state index in [2.05, 4.69) is 173 Å². The number of hydrogen-bond donors (Lipinski definition) is 0. The summed E-state index contributed by atoms with van der Waals surface area (Å²) in [5, 5.41) is 4.99. The summed E-state index contributed by atoms with van der Waals surface area (Å²) in [5.74, 6) is 0. The molecule has 0 fully saturated rings. The lowest BCUT2D eigenvalue weighted by atomic mass is 9.81. The average Bonchev–Trinajstić information content (AvgIpc) is 3.78. The second-order valence-corrected chi connectivity index (χ2v) is 16.9. The second kappa shape index (κ2) is 11.2. The molecule has 7 aromatic carbocycles. The average molecular weight is 690 g/mol. The molecule has 2 nitrogen and oxygen atoms in total. The van der Waals surface area contributed by atoms with Gasteiger partial charge in [0, 0.05) is 59.5 Å². The van der Waals surface area contributed by atoms with Crippen molar-refractivity contribution in [2.24, 2.45) is 0 Å². The van der Waals surface area contributed by atoms with Gasteiger partial charge in [0.05, 0.1) is 0 Å². The SMILES string of the molecule is CC(C)(C)c1ccc2c(c1)sc1cc3c(cc12)C(C)(C)c1cc(N(c2ccc(-c4ccccc4)cc2)c2ccc4c(c2)oc2ccccc24)ccc1-3. The summed E-state index contributed by atoms with van der Waals surface area (Å²) in [6.45, 7) is 11.7. The molecule has 0 unspecified atom stereocenters. The van der Waals surface area contributed by atoms with E-state index < -0.39 is 0 Å². The van der Waals surface area contributed by atoms with Crippen LogP contribution in [0.3, 0.4) is 0 Å². The van der Waals surface area contributed by atoms with Gasteiger partial charge in [0.25, 0.3) is 0 Å². The van der Waals surface area contributed by atoms with Gasteiger partial charge < -0.3 is 9.32 Å². The number of rotatable bonds is 4. The molecule has 0 aliphatic heterocycles. The first-order valence-corrected chi connectivity index (χ1v) is 19.0. The molecule has 10 rings (SSSR count). The third kappa shape index (κ3) is 4.76. The van der Waals surface area contributed by atoms with Crippen LogP contribution in [-0.2, 0) is 10.8 Å². The Morgan fingerprint density at radius 2 is 1.13 bits per heavy atom. The van der Waals surface area contributed by atoms with E-state index in [1.165, 1.54) is 59.1 Å². The van der Waals surface area contributed by atoms with Crippen LogP contribution in [0.5, 0.6) is 0 Å². The van der Waals surface area contributed by atoms with E-state index >= 15 is 0 Å². The Morgan fingerprint density at radius 1 is 0.500 bits per heavy atom. The van der Waals surface area contributed by atoms with E-state index in [1.807, 2.05) is 23.5 Å². The van der Waals surface area contributed by atoms with Gasteiger partial charge in [-0.3, -0.25) is 0 Å². The molecule has 3 heteroatoms. The number of para-hydroxylation sites is 1. The predicted octanol–water partition coefficient (Wildman–Crippen LogP) is 14.7. The topological polar surface area (TPSA) is 16.4 Å². The molecule has 0 saturated heterocycles. The number of thiophene rings is 1. The van der Waals surface area contributed by atoms with E-state index in [0.717, 1.165) is 39.0 Å². The molecule has 1 aliphatic rings. The van der Waals surface area contributed by atoms with Gasteiger partial charge in [0.2, 0.25) is 0 Å². The summed E-state index contributed by atoms with van der Waals surface area (Å²) in [6, 6.07) is 53.5. The van der Waals surface area contributed by atoms with Crippen LogP contribution in [0.2, 0.25) is 0 Å². The van der Waals surface area contributed by atoms with Gasteiger partial charge in [0.15, 0.2) is 0 Å².